The highest BCUT2D eigenvalue weighted by molar-refractivity contribution is 6.31. The molecule has 1 atom stereocenters. The summed E-state index contributed by atoms with van der Waals surface area (Å²) in [5.74, 6) is -1.43. The Bertz CT molecular complexity index is 1420. The number of amides is 1. The highest BCUT2D eigenvalue weighted by Gasteiger charge is 2.46. The lowest BCUT2D eigenvalue weighted by molar-refractivity contribution is -0.117. The van der Waals surface area contributed by atoms with E-state index in [1.54, 1.807) is 72.8 Å². The normalized spacial score (nSPS) is 16.0. The summed E-state index contributed by atoms with van der Waals surface area (Å²) in [4.78, 5) is 28.3. The Kier molecular flexibility index (Phi) is 5.15. The summed E-state index contributed by atoms with van der Waals surface area (Å²) < 4.78 is 11.3. The number of halogens is 1. The Morgan fingerprint density at radius 2 is 1.76 bits per heavy atom. The number of aliphatic hydroxyl groups excluding tert-OH is 1. The molecule has 1 aromatic heterocycles. The standard InChI is InChI=1S/C26H18ClNO5/c1-32-20-10-6-5-9-18(20)23-22(25(30)26(31)28(23)17-7-3-2-4-8-17)24(29)21-14-15-13-16(27)11-12-19(15)33-21/h2-14,23,30H,1H3. The lowest BCUT2D eigenvalue weighted by Gasteiger charge is -2.27. The number of para-hydroxylation sites is 2. The van der Waals surface area contributed by atoms with Gasteiger partial charge in [0.2, 0.25) is 5.78 Å². The van der Waals surface area contributed by atoms with Crippen LogP contribution in [-0.4, -0.2) is 23.9 Å². The number of rotatable bonds is 5. The number of furan rings is 1. The molecule has 0 aliphatic carbocycles. The van der Waals surface area contributed by atoms with Crippen LogP contribution in [0.25, 0.3) is 11.0 Å². The molecule has 0 fully saturated rings. The monoisotopic (exact) mass is 459 g/mol. The minimum Gasteiger partial charge on any atom is -0.503 e. The van der Waals surface area contributed by atoms with E-state index in [-0.39, 0.29) is 11.3 Å². The molecule has 0 spiro atoms. The third-order valence-corrected chi connectivity index (χ3v) is 5.86. The minimum absolute atomic E-state index is 0.00331. The van der Waals surface area contributed by atoms with Crippen LogP contribution in [0.15, 0.2) is 94.6 Å². The maximum atomic E-state index is 13.7. The summed E-state index contributed by atoms with van der Waals surface area (Å²) in [7, 11) is 1.51. The Morgan fingerprint density at radius 1 is 1.03 bits per heavy atom. The van der Waals surface area contributed by atoms with Crippen molar-refractivity contribution in [1.82, 2.24) is 0 Å². The molecule has 7 heteroatoms. The van der Waals surface area contributed by atoms with Gasteiger partial charge in [0.1, 0.15) is 11.3 Å². The van der Waals surface area contributed by atoms with Crippen molar-refractivity contribution in [3.63, 3.8) is 0 Å². The Labute approximate surface area is 194 Å². The van der Waals surface area contributed by atoms with Crippen LogP contribution in [0.2, 0.25) is 5.02 Å². The smallest absolute Gasteiger partial charge is 0.294 e. The van der Waals surface area contributed by atoms with Crippen molar-refractivity contribution < 1.29 is 23.8 Å². The minimum atomic E-state index is -0.916. The lowest BCUT2D eigenvalue weighted by atomic mass is 9.94. The molecule has 0 bridgehead atoms. The predicted octanol–water partition coefficient (Wildman–Crippen LogP) is 5.88. The Morgan fingerprint density at radius 3 is 2.52 bits per heavy atom. The third-order valence-electron chi connectivity index (χ3n) is 5.62. The molecule has 33 heavy (non-hydrogen) atoms. The zero-order valence-electron chi connectivity index (χ0n) is 17.5. The van der Waals surface area contributed by atoms with Crippen LogP contribution < -0.4 is 9.64 Å². The zero-order chi connectivity index (χ0) is 23.1. The van der Waals surface area contributed by atoms with E-state index in [0.29, 0.717) is 33.0 Å². The number of Topliss-reactive ketones (excluding diaryl/α,β-unsaturated/α-hetero) is 1. The highest BCUT2D eigenvalue weighted by Crippen LogP contribution is 2.44. The Hall–Kier alpha value is -4.03. The maximum absolute atomic E-state index is 13.7. The first kappa shape index (κ1) is 20.8. The number of benzene rings is 3. The molecule has 6 nitrogen and oxygen atoms in total. The molecule has 2 heterocycles. The fraction of sp³-hybridized carbons (Fsp3) is 0.0769. The number of ether oxygens (including phenoxy) is 1. The van der Waals surface area contributed by atoms with Gasteiger partial charge in [0, 0.05) is 21.7 Å². The van der Waals surface area contributed by atoms with Crippen LogP contribution in [-0.2, 0) is 4.79 Å². The summed E-state index contributed by atoms with van der Waals surface area (Å²) in [6.45, 7) is 0. The van der Waals surface area contributed by atoms with E-state index >= 15 is 0 Å². The van der Waals surface area contributed by atoms with Crippen molar-refractivity contribution in [2.75, 3.05) is 12.0 Å². The number of anilines is 1. The van der Waals surface area contributed by atoms with E-state index in [4.69, 9.17) is 20.8 Å². The summed E-state index contributed by atoms with van der Waals surface area (Å²) in [6.07, 6.45) is 0. The van der Waals surface area contributed by atoms with Gasteiger partial charge in [0.15, 0.2) is 11.5 Å². The SMILES string of the molecule is COc1ccccc1C1C(C(=O)c2cc3cc(Cl)ccc3o2)=C(O)C(=O)N1c1ccccc1. The number of carbonyl (C=O) groups is 2. The topological polar surface area (TPSA) is 80.0 Å². The van der Waals surface area contributed by atoms with Crippen LogP contribution in [0.3, 0.4) is 0 Å². The summed E-state index contributed by atoms with van der Waals surface area (Å²) in [6, 6.07) is 21.6. The average Bonchev–Trinajstić information content (AvgIpc) is 3.37. The molecule has 0 radical (unpaired) electrons. The Balaban J connectivity index is 1.69. The van der Waals surface area contributed by atoms with Crippen molar-refractivity contribution in [3.05, 3.63) is 107 Å². The fourth-order valence-electron chi connectivity index (χ4n) is 4.14. The first-order valence-corrected chi connectivity index (χ1v) is 10.6. The second kappa shape index (κ2) is 8.15. The molecule has 1 aliphatic rings. The molecule has 0 saturated carbocycles. The van der Waals surface area contributed by atoms with Gasteiger partial charge in [-0.05, 0) is 42.5 Å². The van der Waals surface area contributed by atoms with Gasteiger partial charge in [0.25, 0.3) is 5.91 Å². The number of ketones is 1. The first-order chi connectivity index (χ1) is 16.0. The van der Waals surface area contributed by atoms with Gasteiger partial charge in [-0.25, -0.2) is 0 Å². The number of aliphatic hydroxyl groups is 1. The molecule has 0 saturated heterocycles. The van der Waals surface area contributed by atoms with Crippen LogP contribution >= 0.6 is 11.6 Å². The fourth-order valence-corrected chi connectivity index (χ4v) is 4.32. The average molecular weight is 460 g/mol. The third kappa shape index (κ3) is 3.45. The van der Waals surface area contributed by atoms with Gasteiger partial charge in [-0.2, -0.15) is 0 Å². The van der Waals surface area contributed by atoms with E-state index in [0.717, 1.165) is 0 Å². The van der Waals surface area contributed by atoms with Gasteiger partial charge in [-0.15, -0.1) is 0 Å². The molecule has 1 N–H and O–H groups in total. The van der Waals surface area contributed by atoms with Crippen molar-refractivity contribution >= 4 is 39.9 Å². The van der Waals surface area contributed by atoms with Crippen LogP contribution in [0.1, 0.15) is 22.2 Å². The lowest BCUT2D eigenvalue weighted by Crippen LogP contribution is -2.31. The number of nitrogens with zero attached hydrogens (tertiary/aromatic N) is 1. The number of hydrogen-bond donors (Lipinski definition) is 1. The maximum Gasteiger partial charge on any atom is 0.294 e. The number of carbonyl (C=O) groups excluding carboxylic acids is 2. The predicted molar refractivity (Wildman–Crippen MR) is 125 cm³/mol. The number of fused-ring (bicyclic) bond motifs is 1. The quantitative estimate of drug-likeness (QED) is 0.377. The molecule has 1 amide bonds. The molecule has 3 aromatic carbocycles. The number of methoxy groups -OCH3 is 1. The van der Waals surface area contributed by atoms with E-state index in [1.165, 1.54) is 12.0 Å². The van der Waals surface area contributed by atoms with E-state index in [1.807, 2.05) is 6.07 Å². The molecule has 1 aliphatic heterocycles. The first-order valence-electron chi connectivity index (χ1n) is 10.2. The molecular weight excluding hydrogens is 442 g/mol. The van der Waals surface area contributed by atoms with E-state index in [2.05, 4.69) is 0 Å². The van der Waals surface area contributed by atoms with Gasteiger partial charge >= 0.3 is 0 Å². The summed E-state index contributed by atoms with van der Waals surface area (Å²) in [5.41, 5.74) is 1.48. The molecule has 1 unspecified atom stereocenters. The second-order valence-corrected chi connectivity index (χ2v) is 7.98. The number of hydrogen-bond acceptors (Lipinski definition) is 5. The van der Waals surface area contributed by atoms with Crippen LogP contribution in [0.4, 0.5) is 5.69 Å². The van der Waals surface area contributed by atoms with E-state index in [9.17, 15) is 14.7 Å². The van der Waals surface area contributed by atoms with Crippen molar-refractivity contribution in [3.8, 4) is 5.75 Å². The van der Waals surface area contributed by atoms with Crippen molar-refractivity contribution in [2.24, 2.45) is 0 Å². The van der Waals surface area contributed by atoms with Gasteiger partial charge in [-0.1, -0.05) is 48.0 Å². The molecule has 5 rings (SSSR count). The highest BCUT2D eigenvalue weighted by atomic mass is 35.5. The largest absolute Gasteiger partial charge is 0.503 e. The van der Waals surface area contributed by atoms with Gasteiger partial charge < -0.3 is 14.3 Å². The molecule has 164 valence electrons. The van der Waals surface area contributed by atoms with Gasteiger partial charge in [0.05, 0.1) is 18.7 Å². The van der Waals surface area contributed by atoms with Crippen molar-refractivity contribution in [1.29, 1.82) is 0 Å². The molecule has 4 aromatic rings. The van der Waals surface area contributed by atoms with Crippen molar-refractivity contribution in [2.45, 2.75) is 6.04 Å². The van der Waals surface area contributed by atoms with E-state index < -0.39 is 23.5 Å². The molecular formula is C26H18ClNO5. The summed E-state index contributed by atoms with van der Waals surface area (Å²) in [5, 5.41) is 12.0. The van der Waals surface area contributed by atoms with Gasteiger partial charge in [-0.3, -0.25) is 14.5 Å². The van der Waals surface area contributed by atoms with Crippen LogP contribution in [0, 0.1) is 0 Å². The van der Waals surface area contributed by atoms with Crippen LogP contribution in [0.5, 0.6) is 5.75 Å². The second-order valence-electron chi connectivity index (χ2n) is 7.54. The summed E-state index contributed by atoms with van der Waals surface area (Å²) >= 11 is 6.06. The zero-order valence-corrected chi connectivity index (χ0v) is 18.2.